The van der Waals surface area contributed by atoms with Gasteiger partial charge in [-0.25, -0.2) is 15.0 Å². The van der Waals surface area contributed by atoms with E-state index in [4.69, 9.17) is 19.4 Å². The number of benzene rings is 10. The van der Waals surface area contributed by atoms with Gasteiger partial charge in [0.2, 0.25) is 0 Å². The number of thiophene rings is 1. The van der Waals surface area contributed by atoms with E-state index in [9.17, 15) is 0 Å². The average molecular weight is 896 g/mol. The molecule has 0 bridgehead atoms. The van der Waals surface area contributed by atoms with Crippen LogP contribution in [0.4, 0.5) is 0 Å². The molecule has 69 heavy (non-hydrogen) atoms. The second-order valence-electron chi connectivity index (χ2n) is 18.2. The zero-order chi connectivity index (χ0) is 45.2. The van der Waals surface area contributed by atoms with Gasteiger partial charge in [-0.15, -0.1) is 11.3 Å². The Labute approximate surface area is 401 Å². The molecular formula is C64H37N3OS. The van der Waals surface area contributed by atoms with Crippen LogP contribution in [0.1, 0.15) is 22.3 Å². The largest absolute Gasteiger partial charge is 0.456 e. The topological polar surface area (TPSA) is 51.8 Å². The first-order valence-corrected chi connectivity index (χ1v) is 24.2. The summed E-state index contributed by atoms with van der Waals surface area (Å²) in [6.45, 7) is 0. The molecule has 0 saturated heterocycles. The smallest absolute Gasteiger partial charge is 0.165 e. The van der Waals surface area contributed by atoms with Crippen molar-refractivity contribution in [3.05, 3.63) is 247 Å². The number of nitrogens with zero attached hydrogens (tertiary/aromatic N) is 3. The number of aromatic nitrogens is 3. The highest BCUT2D eigenvalue weighted by Gasteiger charge is 2.51. The van der Waals surface area contributed by atoms with Crippen molar-refractivity contribution in [2.45, 2.75) is 5.41 Å². The Hall–Kier alpha value is -8.77. The summed E-state index contributed by atoms with van der Waals surface area (Å²) in [7, 11) is 0. The summed E-state index contributed by atoms with van der Waals surface area (Å²) in [5, 5.41) is 4.43. The van der Waals surface area contributed by atoms with Gasteiger partial charge in [0.05, 0.1) is 5.41 Å². The van der Waals surface area contributed by atoms with E-state index in [0.717, 1.165) is 54.5 Å². The van der Waals surface area contributed by atoms with Crippen molar-refractivity contribution in [3.8, 4) is 78.7 Å². The molecule has 0 unspecified atom stereocenters. The maximum absolute atomic E-state index is 6.58. The van der Waals surface area contributed by atoms with Crippen LogP contribution in [0, 0.1) is 0 Å². The Morgan fingerprint density at radius 3 is 1.57 bits per heavy atom. The van der Waals surface area contributed by atoms with Gasteiger partial charge in [0.15, 0.2) is 17.5 Å². The van der Waals surface area contributed by atoms with Crippen LogP contribution in [0.25, 0.3) is 121 Å². The Kier molecular flexibility index (Phi) is 8.12. The highest BCUT2D eigenvalue weighted by atomic mass is 32.1. The van der Waals surface area contributed by atoms with E-state index >= 15 is 0 Å². The van der Waals surface area contributed by atoms with Crippen molar-refractivity contribution in [1.29, 1.82) is 0 Å². The third-order valence-electron chi connectivity index (χ3n) is 14.6. The van der Waals surface area contributed by atoms with Crippen LogP contribution in [0.2, 0.25) is 0 Å². The summed E-state index contributed by atoms with van der Waals surface area (Å²) >= 11 is 1.78. The van der Waals surface area contributed by atoms with Gasteiger partial charge in [-0.05, 0) is 103 Å². The molecule has 4 nitrogen and oxygen atoms in total. The number of rotatable bonds is 5. The standard InChI is InChI=1S/C64H37N3OS/c1-2-14-40(15-3-1)61-65-62(67-63(66-61)50-22-12-20-48-47-19-7-11-27-58(47)69-60(48)50)49-21-13-26-57-59(49)51-36-41(33-35-56(51)68-57)38-28-30-39(31-29-38)42-32-34-46-45-18-6-10-25-54(45)64(55(46)37-42)52-23-8-4-16-43(52)44-17-5-9-24-53(44)64/h1-37H. The number of hydrogen-bond acceptors (Lipinski definition) is 5. The van der Waals surface area contributed by atoms with Gasteiger partial charge in [0.25, 0.3) is 0 Å². The minimum atomic E-state index is -0.379. The average Bonchev–Trinajstić information content (AvgIpc) is 4.16. The number of hydrogen-bond donors (Lipinski definition) is 0. The summed E-state index contributed by atoms with van der Waals surface area (Å²) in [5.41, 5.74) is 19.3. The molecule has 15 rings (SSSR count). The minimum absolute atomic E-state index is 0.379. The van der Waals surface area contributed by atoms with Crippen molar-refractivity contribution >= 4 is 53.4 Å². The zero-order valence-corrected chi connectivity index (χ0v) is 37.8. The van der Waals surface area contributed by atoms with E-state index in [1.54, 1.807) is 11.3 Å². The maximum atomic E-state index is 6.58. The molecule has 320 valence electrons. The molecule has 5 heteroatoms. The summed E-state index contributed by atoms with van der Waals surface area (Å²) in [6, 6.07) is 80.9. The van der Waals surface area contributed by atoms with E-state index in [1.807, 2.05) is 30.3 Å². The Morgan fingerprint density at radius 2 is 0.841 bits per heavy atom. The van der Waals surface area contributed by atoms with Crippen LogP contribution < -0.4 is 0 Å². The molecule has 2 aliphatic carbocycles. The minimum Gasteiger partial charge on any atom is -0.456 e. The molecule has 0 fully saturated rings. The second kappa shape index (κ2) is 14.6. The van der Waals surface area contributed by atoms with Crippen LogP contribution in [0.5, 0.6) is 0 Å². The highest BCUT2D eigenvalue weighted by molar-refractivity contribution is 7.26. The lowest BCUT2D eigenvalue weighted by molar-refractivity contribution is 0.669. The van der Waals surface area contributed by atoms with Crippen molar-refractivity contribution in [2.75, 3.05) is 0 Å². The first-order valence-electron chi connectivity index (χ1n) is 23.4. The monoisotopic (exact) mass is 895 g/mol. The van der Waals surface area contributed by atoms with Gasteiger partial charge in [0.1, 0.15) is 11.2 Å². The van der Waals surface area contributed by atoms with E-state index in [1.165, 1.54) is 71.1 Å². The lowest BCUT2D eigenvalue weighted by atomic mass is 9.70. The normalized spacial score (nSPS) is 13.0. The van der Waals surface area contributed by atoms with Crippen molar-refractivity contribution < 1.29 is 4.42 Å². The summed E-state index contributed by atoms with van der Waals surface area (Å²) in [5.74, 6) is 1.87. The Balaban J connectivity index is 0.841. The molecule has 3 aromatic heterocycles. The van der Waals surface area contributed by atoms with Crippen LogP contribution in [0.15, 0.2) is 229 Å². The number of fused-ring (bicyclic) bond motifs is 16. The van der Waals surface area contributed by atoms with E-state index in [-0.39, 0.29) is 5.41 Å². The third kappa shape index (κ3) is 5.53. The van der Waals surface area contributed by atoms with Gasteiger partial charge < -0.3 is 4.42 Å². The third-order valence-corrected chi connectivity index (χ3v) is 15.8. The first kappa shape index (κ1) is 38.3. The highest BCUT2D eigenvalue weighted by Crippen LogP contribution is 2.63. The fraction of sp³-hybridized carbons (Fsp3) is 0.0156. The van der Waals surface area contributed by atoms with Crippen LogP contribution in [-0.2, 0) is 5.41 Å². The van der Waals surface area contributed by atoms with Crippen molar-refractivity contribution in [2.24, 2.45) is 0 Å². The van der Waals surface area contributed by atoms with Crippen LogP contribution in [0.3, 0.4) is 0 Å². The maximum Gasteiger partial charge on any atom is 0.165 e. The molecule has 0 atom stereocenters. The predicted molar refractivity (Wildman–Crippen MR) is 283 cm³/mol. The van der Waals surface area contributed by atoms with E-state index in [2.05, 4.69) is 194 Å². The van der Waals surface area contributed by atoms with Gasteiger partial charge in [0, 0.05) is 47.6 Å². The van der Waals surface area contributed by atoms with Crippen LogP contribution in [-0.4, -0.2) is 15.0 Å². The quantitative estimate of drug-likeness (QED) is 0.173. The lowest BCUT2D eigenvalue weighted by Crippen LogP contribution is -2.25. The molecule has 2 aliphatic rings. The predicted octanol–water partition coefficient (Wildman–Crippen LogP) is 16.8. The second-order valence-corrected chi connectivity index (χ2v) is 19.2. The molecule has 10 aromatic carbocycles. The summed E-state index contributed by atoms with van der Waals surface area (Å²) in [4.78, 5) is 15.6. The van der Waals surface area contributed by atoms with Gasteiger partial charge in [-0.1, -0.05) is 188 Å². The molecule has 1 spiro atoms. The molecule has 3 heterocycles. The molecule has 0 saturated carbocycles. The summed E-state index contributed by atoms with van der Waals surface area (Å²) in [6.07, 6.45) is 0. The fourth-order valence-corrected chi connectivity index (χ4v) is 12.8. The first-order chi connectivity index (χ1) is 34.2. The van der Waals surface area contributed by atoms with Gasteiger partial charge >= 0.3 is 0 Å². The van der Waals surface area contributed by atoms with Gasteiger partial charge in [-0.2, -0.15) is 0 Å². The molecule has 13 aromatic rings. The van der Waals surface area contributed by atoms with Gasteiger partial charge in [-0.3, -0.25) is 0 Å². The SMILES string of the molecule is c1ccc(-c2nc(-c3cccc4c3sc3ccccc34)nc(-c3cccc4oc5ccc(-c6ccc(-c7ccc8c(c7)C7(c9ccccc9-c9ccccc97)c7ccccc7-8)cc6)cc5c34)n2)cc1. The fourth-order valence-electron chi connectivity index (χ4n) is 11.6. The van der Waals surface area contributed by atoms with E-state index < -0.39 is 0 Å². The molecular weight excluding hydrogens is 859 g/mol. The van der Waals surface area contributed by atoms with Crippen molar-refractivity contribution in [3.63, 3.8) is 0 Å². The Morgan fingerprint density at radius 1 is 0.319 bits per heavy atom. The molecule has 0 amide bonds. The number of furan rings is 1. The molecule has 0 N–H and O–H groups in total. The zero-order valence-electron chi connectivity index (χ0n) is 37.0. The summed E-state index contributed by atoms with van der Waals surface area (Å²) < 4.78 is 8.98. The van der Waals surface area contributed by atoms with E-state index in [0.29, 0.717) is 17.5 Å². The Bertz CT molecular complexity index is 4200. The molecule has 0 radical (unpaired) electrons. The molecule has 0 aliphatic heterocycles. The van der Waals surface area contributed by atoms with Crippen LogP contribution >= 0.6 is 11.3 Å². The van der Waals surface area contributed by atoms with Crippen molar-refractivity contribution in [1.82, 2.24) is 15.0 Å². The lowest BCUT2D eigenvalue weighted by Gasteiger charge is -2.30.